The molecule has 0 spiro atoms. The van der Waals surface area contributed by atoms with E-state index < -0.39 is 23.9 Å². The Balaban J connectivity index is 2.18. The largest absolute Gasteiger partial charge is 0.350 e. The van der Waals surface area contributed by atoms with Crippen LogP contribution in [0.3, 0.4) is 0 Å². The van der Waals surface area contributed by atoms with Gasteiger partial charge < -0.3 is 9.05 Å². The topological polar surface area (TPSA) is 94.9 Å². The average Bonchev–Trinajstić information content (AvgIpc) is 3.20. The zero-order valence-corrected chi connectivity index (χ0v) is 22.3. The third-order valence-electron chi connectivity index (χ3n) is 4.72. The van der Waals surface area contributed by atoms with E-state index >= 15 is 0 Å². The van der Waals surface area contributed by atoms with Crippen LogP contribution >= 0.6 is 42.4 Å². The second-order valence-corrected chi connectivity index (χ2v) is 12.0. The van der Waals surface area contributed by atoms with Crippen LogP contribution in [0, 0.1) is 0 Å². The van der Waals surface area contributed by atoms with Crippen molar-refractivity contribution in [2.45, 2.75) is 18.7 Å². The lowest BCUT2D eigenvalue weighted by atomic mass is 10.2. The normalized spacial score (nSPS) is 12.3. The zero-order valence-electron chi connectivity index (χ0n) is 18.3. The number of fused-ring (bicyclic) bond motifs is 1. The van der Waals surface area contributed by atoms with Gasteiger partial charge in [-0.15, -0.1) is 11.6 Å². The highest BCUT2D eigenvalue weighted by Gasteiger charge is 2.35. The molecule has 3 rings (SSSR count). The van der Waals surface area contributed by atoms with Crippen molar-refractivity contribution in [2.75, 3.05) is 29.7 Å². The first-order valence-electron chi connectivity index (χ1n) is 10.1. The van der Waals surface area contributed by atoms with Crippen LogP contribution in [0.1, 0.15) is 18.6 Å². The van der Waals surface area contributed by atoms with E-state index in [0.29, 0.717) is 10.9 Å². The van der Waals surface area contributed by atoms with E-state index in [2.05, 4.69) is 0 Å². The van der Waals surface area contributed by atoms with Crippen molar-refractivity contribution in [3.05, 3.63) is 58.7 Å². The average molecular weight is 568 g/mol. The summed E-state index contributed by atoms with van der Waals surface area (Å²) in [5.41, 5.74) is 0.717. The number of aromatic nitrogens is 1. The molecule has 0 aliphatic rings. The van der Waals surface area contributed by atoms with E-state index in [4.69, 9.17) is 43.9 Å². The van der Waals surface area contributed by atoms with Crippen LogP contribution in [0.25, 0.3) is 10.9 Å². The summed E-state index contributed by atoms with van der Waals surface area (Å²) < 4.78 is 53.8. The molecule has 13 heteroatoms. The number of rotatable bonds is 10. The Kier molecular flexibility index (Phi) is 8.74. The Hall–Kier alpha value is -1.58. The molecular formula is C21H22Cl3N2O6PS. The highest BCUT2D eigenvalue weighted by Crippen LogP contribution is 2.50. The van der Waals surface area contributed by atoms with Crippen molar-refractivity contribution in [2.24, 2.45) is 0 Å². The second kappa shape index (κ2) is 11.0. The molecule has 0 aliphatic carbocycles. The van der Waals surface area contributed by atoms with Crippen LogP contribution in [0.2, 0.25) is 10.0 Å². The van der Waals surface area contributed by atoms with E-state index in [9.17, 15) is 17.8 Å². The summed E-state index contributed by atoms with van der Waals surface area (Å²) in [6, 6.07) is 10.2. The van der Waals surface area contributed by atoms with Gasteiger partial charge in [-0.05, 0) is 56.3 Å². The number of benzene rings is 2. The number of carbonyl (C=O) groups excluding carboxylic acids is 1. The van der Waals surface area contributed by atoms with E-state index in [0.717, 1.165) is 4.31 Å². The number of sulfonamides is 1. The number of halogens is 3. The van der Waals surface area contributed by atoms with Gasteiger partial charge in [0.05, 0.1) is 29.3 Å². The quantitative estimate of drug-likeness (QED) is 0.212. The van der Waals surface area contributed by atoms with Gasteiger partial charge in [-0.2, -0.15) is 0 Å². The third kappa shape index (κ3) is 5.79. The Morgan fingerprint density at radius 3 is 2.21 bits per heavy atom. The third-order valence-corrected chi connectivity index (χ3v) is 9.26. The first-order valence-corrected chi connectivity index (χ1v) is 14.6. The molecule has 34 heavy (non-hydrogen) atoms. The van der Waals surface area contributed by atoms with Crippen LogP contribution < -0.4 is 4.31 Å². The lowest BCUT2D eigenvalue weighted by Gasteiger charge is -2.28. The number of hydrogen-bond acceptors (Lipinski definition) is 6. The Morgan fingerprint density at radius 1 is 1.03 bits per heavy atom. The van der Waals surface area contributed by atoms with Crippen LogP contribution in [0.5, 0.6) is 0 Å². The molecule has 0 radical (unpaired) electrons. The maximum absolute atomic E-state index is 13.7. The van der Waals surface area contributed by atoms with Crippen LogP contribution in [0.4, 0.5) is 5.69 Å². The van der Waals surface area contributed by atoms with Gasteiger partial charge in [0.15, 0.2) is 0 Å². The predicted octanol–water partition coefficient (Wildman–Crippen LogP) is 6.25. The lowest BCUT2D eigenvalue weighted by Crippen LogP contribution is -2.33. The van der Waals surface area contributed by atoms with Gasteiger partial charge in [-0.1, -0.05) is 23.2 Å². The number of anilines is 1. The van der Waals surface area contributed by atoms with Crippen LogP contribution in [0.15, 0.2) is 53.6 Å². The minimum atomic E-state index is -4.31. The molecule has 1 heterocycles. The molecule has 2 aromatic carbocycles. The van der Waals surface area contributed by atoms with Crippen LogP contribution in [-0.2, 0) is 23.6 Å². The van der Waals surface area contributed by atoms with Gasteiger partial charge in [0, 0.05) is 21.6 Å². The fourth-order valence-corrected chi connectivity index (χ4v) is 7.85. The molecule has 0 amide bonds. The minimum Gasteiger partial charge on any atom is -0.308 e. The van der Waals surface area contributed by atoms with E-state index in [1.54, 1.807) is 38.2 Å². The van der Waals surface area contributed by atoms with Crippen molar-refractivity contribution < 1.29 is 26.8 Å². The Morgan fingerprint density at radius 2 is 1.65 bits per heavy atom. The summed E-state index contributed by atoms with van der Waals surface area (Å²) in [7, 11) is -8.17. The lowest BCUT2D eigenvalue weighted by molar-refractivity contribution is 0.0945. The van der Waals surface area contributed by atoms with Gasteiger partial charge in [0.25, 0.3) is 10.0 Å². The molecular weight excluding hydrogens is 546 g/mol. The fraction of sp³-hybridized carbons (Fsp3) is 0.286. The zero-order chi connectivity index (χ0) is 25.1. The first kappa shape index (κ1) is 27.0. The van der Waals surface area contributed by atoms with E-state index in [1.807, 2.05) is 0 Å². The molecule has 8 nitrogen and oxygen atoms in total. The van der Waals surface area contributed by atoms with Gasteiger partial charge in [-0.25, -0.2) is 8.42 Å². The maximum atomic E-state index is 13.7. The summed E-state index contributed by atoms with van der Waals surface area (Å²) in [6.07, 6.45) is 0.952. The van der Waals surface area contributed by atoms with Crippen molar-refractivity contribution in [3.63, 3.8) is 0 Å². The van der Waals surface area contributed by atoms with E-state index in [-0.39, 0.29) is 45.6 Å². The Bertz CT molecular complexity index is 1330. The highest BCUT2D eigenvalue weighted by atomic mass is 35.5. The summed E-state index contributed by atoms with van der Waals surface area (Å²) in [5.74, 6) is -0.548. The molecule has 0 unspecified atom stereocenters. The smallest absolute Gasteiger partial charge is 0.308 e. The molecule has 0 fully saturated rings. The molecule has 3 aromatic rings. The van der Waals surface area contributed by atoms with Gasteiger partial charge in [0.1, 0.15) is 12.2 Å². The monoisotopic (exact) mass is 566 g/mol. The maximum Gasteiger partial charge on any atom is 0.350 e. The number of alkyl halides is 1. The molecule has 0 atom stereocenters. The van der Waals surface area contributed by atoms with Crippen LogP contribution in [-0.4, -0.2) is 44.3 Å². The first-order chi connectivity index (χ1) is 16.0. The van der Waals surface area contributed by atoms with Crippen molar-refractivity contribution in [1.82, 2.24) is 4.57 Å². The van der Waals surface area contributed by atoms with Gasteiger partial charge in [0.2, 0.25) is 5.91 Å². The number of carbonyl (C=O) groups is 1. The summed E-state index contributed by atoms with van der Waals surface area (Å²) in [4.78, 5) is 11.9. The molecule has 0 bridgehead atoms. The minimum absolute atomic E-state index is 0.0522. The molecule has 1 aromatic heterocycles. The SMILES string of the molecule is CCOP(=O)(CN(c1ccc2c(ccn2C(=O)CCl)c1)S(=O)(=O)c1cc(Cl)cc(Cl)c1)OCC. The van der Waals surface area contributed by atoms with Gasteiger partial charge >= 0.3 is 7.60 Å². The van der Waals surface area contributed by atoms with Crippen molar-refractivity contribution >= 4 is 74.9 Å². The molecule has 0 N–H and O–H groups in total. The fourth-order valence-electron chi connectivity index (χ4n) is 3.34. The summed E-state index contributed by atoms with van der Waals surface area (Å²) in [6.45, 7) is 3.36. The summed E-state index contributed by atoms with van der Waals surface area (Å²) >= 11 is 17.8. The second-order valence-electron chi connectivity index (χ2n) is 7.00. The molecule has 0 saturated carbocycles. The predicted molar refractivity (Wildman–Crippen MR) is 135 cm³/mol. The standard InChI is InChI=1S/C21H22Cl3N2O6PS/c1-3-31-33(28,32-4-2)14-26(34(29,30)19-11-16(23)10-17(24)12-19)18-5-6-20-15(9-18)7-8-25(20)21(27)13-22/h5-12H,3-4,13-14H2,1-2H3. The summed E-state index contributed by atoms with van der Waals surface area (Å²) in [5, 5.41) is 0.815. The van der Waals surface area contributed by atoms with Gasteiger partial charge in [-0.3, -0.25) is 18.2 Å². The molecule has 184 valence electrons. The molecule has 0 saturated heterocycles. The number of hydrogen-bond donors (Lipinski definition) is 0. The van der Waals surface area contributed by atoms with Crippen molar-refractivity contribution in [3.8, 4) is 0 Å². The Labute approximate surface area is 212 Å². The number of nitrogens with zero attached hydrogens (tertiary/aromatic N) is 2. The molecule has 0 aliphatic heterocycles. The highest BCUT2D eigenvalue weighted by molar-refractivity contribution is 7.93. The van der Waals surface area contributed by atoms with E-state index in [1.165, 1.54) is 28.8 Å². The van der Waals surface area contributed by atoms with Crippen molar-refractivity contribution in [1.29, 1.82) is 0 Å².